The van der Waals surface area contributed by atoms with E-state index in [0.717, 1.165) is 17.6 Å². The highest BCUT2D eigenvalue weighted by atomic mass is 16.5. The third-order valence-electron chi connectivity index (χ3n) is 3.83. The zero-order valence-corrected chi connectivity index (χ0v) is 11.3. The molecule has 0 saturated heterocycles. The van der Waals surface area contributed by atoms with Crippen molar-refractivity contribution in [3.63, 3.8) is 0 Å². The first-order valence-corrected chi connectivity index (χ1v) is 6.74. The van der Waals surface area contributed by atoms with Crippen LogP contribution in [0.5, 0.6) is 5.75 Å². The highest BCUT2D eigenvalue weighted by Crippen LogP contribution is 2.44. The summed E-state index contributed by atoms with van der Waals surface area (Å²) in [5, 5.41) is 19.1. The standard InChI is InChI=1S/C16H14N2O3/c17-8-12-14(9-3-1-4-10(19)7-9)11-5-2-6-13(20)15(11)21-16(12)18/h1,3-4,7,14,19H,2,5-6,18H2/t14-/m1/s1. The number of nitrogens with two attached hydrogens (primary N) is 1. The normalized spacial score (nSPS) is 21.7. The maximum atomic E-state index is 12.0. The SMILES string of the molecule is N#CC1=C(N)OC2=C(CCCC2=O)[C@H]1c1cccc(O)c1. The number of carbonyl (C=O) groups excluding carboxylic acids is 1. The van der Waals surface area contributed by atoms with Crippen molar-refractivity contribution in [3.8, 4) is 11.8 Å². The van der Waals surface area contributed by atoms with Gasteiger partial charge in [-0.15, -0.1) is 0 Å². The number of nitrogens with zero attached hydrogens (tertiary/aromatic N) is 1. The van der Waals surface area contributed by atoms with Crippen LogP contribution in [0, 0.1) is 11.3 Å². The maximum absolute atomic E-state index is 12.0. The van der Waals surface area contributed by atoms with Crippen LogP contribution in [0.15, 0.2) is 47.1 Å². The smallest absolute Gasteiger partial charge is 0.205 e. The Morgan fingerprint density at radius 2 is 2.19 bits per heavy atom. The molecule has 0 spiro atoms. The van der Waals surface area contributed by atoms with Crippen molar-refractivity contribution in [2.75, 3.05) is 0 Å². The predicted octanol–water partition coefficient (Wildman–Crippen LogP) is 2.21. The number of carbonyl (C=O) groups is 1. The van der Waals surface area contributed by atoms with Crippen LogP contribution in [-0.2, 0) is 9.53 Å². The second kappa shape index (κ2) is 4.98. The van der Waals surface area contributed by atoms with Gasteiger partial charge in [0.1, 0.15) is 17.4 Å². The quantitative estimate of drug-likeness (QED) is 0.823. The summed E-state index contributed by atoms with van der Waals surface area (Å²) in [6.07, 6.45) is 1.84. The average Bonchev–Trinajstić information content (AvgIpc) is 2.47. The van der Waals surface area contributed by atoms with Crippen LogP contribution in [0.3, 0.4) is 0 Å². The summed E-state index contributed by atoms with van der Waals surface area (Å²) in [5.41, 5.74) is 7.61. The van der Waals surface area contributed by atoms with Gasteiger partial charge in [-0.05, 0) is 36.1 Å². The molecule has 0 bridgehead atoms. The van der Waals surface area contributed by atoms with Gasteiger partial charge in [-0.1, -0.05) is 12.1 Å². The third kappa shape index (κ3) is 2.15. The Kier molecular flexibility index (Phi) is 3.15. The molecule has 0 unspecified atom stereocenters. The Labute approximate surface area is 121 Å². The van der Waals surface area contributed by atoms with Crippen molar-refractivity contribution >= 4 is 5.78 Å². The lowest BCUT2D eigenvalue weighted by atomic mass is 9.78. The molecule has 1 atom stereocenters. The van der Waals surface area contributed by atoms with Gasteiger partial charge in [-0.25, -0.2) is 0 Å². The minimum absolute atomic E-state index is 0.0279. The molecule has 0 radical (unpaired) electrons. The minimum Gasteiger partial charge on any atom is -0.508 e. The van der Waals surface area contributed by atoms with Crippen molar-refractivity contribution in [2.24, 2.45) is 5.73 Å². The Morgan fingerprint density at radius 1 is 1.38 bits per heavy atom. The van der Waals surface area contributed by atoms with Gasteiger partial charge in [0.15, 0.2) is 11.5 Å². The van der Waals surface area contributed by atoms with Crippen LogP contribution >= 0.6 is 0 Å². The largest absolute Gasteiger partial charge is 0.508 e. The van der Waals surface area contributed by atoms with E-state index in [1.54, 1.807) is 18.2 Å². The Morgan fingerprint density at radius 3 is 2.90 bits per heavy atom. The second-order valence-electron chi connectivity index (χ2n) is 5.15. The molecule has 106 valence electrons. The van der Waals surface area contributed by atoms with E-state index in [2.05, 4.69) is 6.07 Å². The molecule has 5 heteroatoms. The number of benzene rings is 1. The van der Waals surface area contributed by atoms with E-state index in [1.807, 2.05) is 6.07 Å². The molecule has 1 aromatic carbocycles. The zero-order chi connectivity index (χ0) is 15.0. The fraction of sp³-hybridized carbons (Fsp3) is 0.250. The van der Waals surface area contributed by atoms with Crippen LogP contribution in [0.2, 0.25) is 0 Å². The number of nitriles is 1. The molecule has 1 aromatic rings. The molecule has 3 N–H and O–H groups in total. The van der Waals surface area contributed by atoms with E-state index in [1.165, 1.54) is 0 Å². The summed E-state index contributed by atoms with van der Waals surface area (Å²) >= 11 is 0. The molecule has 0 saturated carbocycles. The van der Waals surface area contributed by atoms with E-state index in [0.29, 0.717) is 12.8 Å². The summed E-state index contributed by atoms with van der Waals surface area (Å²) in [6.45, 7) is 0. The topological polar surface area (TPSA) is 96.3 Å². The lowest BCUT2D eigenvalue weighted by molar-refractivity contribution is -0.119. The number of allylic oxidation sites excluding steroid dienone is 3. The summed E-state index contributed by atoms with van der Waals surface area (Å²) in [5.74, 6) is -0.151. The summed E-state index contributed by atoms with van der Waals surface area (Å²) < 4.78 is 5.39. The molecule has 2 aliphatic rings. The second-order valence-corrected chi connectivity index (χ2v) is 5.15. The molecule has 0 amide bonds. The Bertz CT molecular complexity index is 725. The van der Waals surface area contributed by atoms with Crippen LogP contribution in [0.25, 0.3) is 0 Å². The van der Waals surface area contributed by atoms with Gasteiger partial charge in [0, 0.05) is 12.3 Å². The van der Waals surface area contributed by atoms with E-state index in [9.17, 15) is 15.2 Å². The number of ether oxygens (including phenoxy) is 1. The number of ketones is 1. The van der Waals surface area contributed by atoms with Crippen LogP contribution in [-0.4, -0.2) is 10.9 Å². The first-order valence-electron chi connectivity index (χ1n) is 6.74. The third-order valence-corrected chi connectivity index (χ3v) is 3.83. The fourth-order valence-electron chi connectivity index (χ4n) is 2.92. The minimum atomic E-state index is -0.421. The number of hydrogen-bond acceptors (Lipinski definition) is 5. The highest BCUT2D eigenvalue weighted by molar-refractivity contribution is 5.96. The number of phenols is 1. The summed E-state index contributed by atoms with van der Waals surface area (Å²) in [7, 11) is 0. The lowest BCUT2D eigenvalue weighted by Gasteiger charge is -2.31. The van der Waals surface area contributed by atoms with E-state index >= 15 is 0 Å². The van der Waals surface area contributed by atoms with E-state index < -0.39 is 5.92 Å². The van der Waals surface area contributed by atoms with Gasteiger partial charge in [0.2, 0.25) is 5.88 Å². The van der Waals surface area contributed by atoms with Gasteiger partial charge >= 0.3 is 0 Å². The molecule has 1 heterocycles. The fourth-order valence-corrected chi connectivity index (χ4v) is 2.92. The molecule has 5 nitrogen and oxygen atoms in total. The average molecular weight is 282 g/mol. The van der Waals surface area contributed by atoms with Gasteiger partial charge in [0.05, 0.1) is 0 Å². The monoisotopic (exact) mass is 282 g/mol. The molecule has 21 heavy (non-hydrogen) atoms. The number of hydrogen-bond donors (Lipinski definition) is 2. The lowest BCUT2D eigenvalue weighted by Crippen LogP contribution is -2.26. The van der Waals surface area contributed by atoms with Crippen LogP contribution in [0.1, 0.15) is 30.7 Å². The number of Topliss-reactive ketones (excluding diaryl/α,β-unsaturated/α-hetero) is 1. The Hall–Kier alpha value is -2.74. The van der Waals surface area contributed by atoms with Gasteiger partial charge in [0.25, 0.3) is 0 Å². The first-order chi connectivity index (χ1) is 10.1. The maximum Gasteiger partial charge on any atom is 0.205 e. The van der Waals surface area contributed by atoms with Gasteiger partial charge in [-0.2, -0.15) is 5.26 Å². The van der Waals surface area contributed by atoms with Crippen molar-refractivity contribution in [3.05, 3.63) is 52.6 Å². The van der Waals surface area contributed by atoms with E-state index in [4.69, 9.17) is 10.5 Å². The van der Waals surface area contributed by atoms with Crippen molar-refractivity contribution < 1.29 is 14.6 Å². The number of phenolic OH excluding ortho intramolecular Hbond substituents is 1. The molecule has 0 aromatic heterocycles. The molecular formula is C16H14N2O3. The molecular weight excluding hydrogens is 268 g/mol. The number of rotatable bonds is 1. The van der Waals surface area contributed by atoms with Crippen molar-refractivity contribution in [2.45, 2.75) is 25.2 Å². The van der Waals surface area contributed by atoms with Gasteiger partial charge in [-0.3, -0.25) is 4.79 Å². The molecule has 1 aliphatic carbocycles. The van der Waals surface area contributed by atoms with Crippen LogP contribution in [0.4, 0.5) is 0 Å². The van der Waals surface area contributed by atoms with Crippen LogP contribution < -0.4 is 5.73 Å². The molecule has 1 aliphatic heterocycles. The van der Waals surface area contributed by atoms with Gasteiger partial charge < -0.3 is 15.6 Å². The highest BCUT2D eigenvalue weighted by Gasteiger charge is 2.36. The molecule has 0 fully saturated rings. The summed E-state index contributed by atoms with van der Waals surface area (Å²) in [4.78, 5) is 12.0. The predicted molar refractivity (Wildman–Crippen MR) is 74.6 cm³/mol. The summed E-state index contributed by atoms with van der Waals surface area (Å²) in [6, 6.07) is 8.73. The van der Waals surface area contributed by atoms with Crippen molar-refractivity contribution in [1.29, 1.82) is 5.26 Å². The van der Waals surface area contributed by atoms with E-state index in [-0.39, 0.29) is 28.7 Å². The first kappa shape index (κ1) is 13.3. The molecule has 3 rings (SSSR count). The van der Waals surface area contributed by atoms with Crippen molar-refractivity contribution in [1.82, 2.24) is 0 Å². The number of aromatic hydroxyl groups is 1. The zero-order valence-electron chi connectivity index (χ0n) is 11.3. The Balaban J connectivity index is 2.18.